The Morgan fingerprint density at radius 1 is 1.03 bits per heavy atom. The lowest BCUT2D eigenvalue weighted by molar-refractivity contribution is -0.124. The maximum absolute atomic E-state index is 12.2. The molecule has 0 aromatic heterocycles. The van der Waals surface area contributed by atoms with E-state index in [-0.39, 0.29) is 31.3 Å². The first kappa shape index (κ1) is 22.6. The largest absolute Gasteiger partial charge is 0.480 e. The first-order valence-electron chi connectivity index (χ1n) is 10.3. The van der Waals surface area contributed by atoms with Gasteiger partial charge in [0, 0.05) is 24.1 Å². The summed E-state index contributed by atoms with van der Waals surface area (Å²) in [6, 6.07) is 17.2. The van der Waals surface area contributed by atoms with E-state index in [0.29, 0.717) is 11.3 Å². The number of benzene rings is 3. The predicted molar refractivity (Wildman–Crippen MR) is 128 cm³/mol. The summed E-state index contributed by atoms with van der Waals surface area (Å²) in [6.45, 7) is 4.05. The fourth-order valence-electron chi connectivity index (χ4n) is 3.21. The van der Waals surface area contributed by atoms with Gasteiger partial charge in [0.15, 0.2) is 0 Å². The fourth-order valence-corrected chi connectivity index (χ4v) is 3.21. The highest BCUT2D eigenvalue weighted by atomic mass is 16.5. The molecule has 0 spiro atoms. The molecule has 162 valence electrons. The van der Waals surface area contributed by atoms with Gasteiger partial charge in [0.2, 0.25) is 11.8 Å². The third-order valence-electron chi connectivity index (χ3n) is 5.08. The topological polar surface area (TPSA) is 79.8 Å². The van der Waals surface area contributed by atoms with E-state index < -0.39 is 0 Å². The monoisotopic (exact) mass is 427 g/mol. The molecule has 3 aromatic rings. The van der Waals surface area contributed by atoms with Gasteiger partial charge < -0.3 is 10.1 Å². The summed E-state index contributed by atoms with van der Waals surface area (Å²) in [5, 5.41) is 8.84. The molecule has 0 saturated heterocycles. The fraction of sp³-hybridized carbons (Fsp3) is 0.192. The second kappa shape index (κ2) is 10.8. The van der Waals surface area contributed by atoms with Gasteiger partial charge in [-0.15, -0.1) is 6.42 Å². The van der Waals surface area contributed by atoms with Gasteiger partial charge >= 0.3 is 0 Å². The van der Waals surface area contributed by atoms with E-state index in [1.807, 2.05) is 68.4 Å². The van der Waals surface area contributed by atoms with Crippen LogP contribution in [0.4, 0.5) is 5.69 Å². The average Bonchev–Trinajstić information content (AvgIpc) is 2.80. The van der Waals surface area contributed by atoms with E-state index in [1.54, 1.807) is 0 Å². The van der Waals surface area contributed by atoms with Gasteiger partial charge in [0.05, 0.1) is 6.21 Å². The number of hydrogen-bond donors (Lipinski definition) is 2. The number of aryl methyl sites for hydroxylation is 1. The molecular formula is C26H25N3O3. The Morgan fingerprint density at radius 2 is 1.81 bits per heavy atom. The van der Waals surface area contributed by atoms with Crippen molar-refractivity contribution in [3.05, 3.63) is 71.3 Å². The van der Waals surface area contributed by atoms with Crippen molar-refractivity contribution < 1.29 is 14.3 Å². The number of nitrogens with one attached hydrogen (secondary N) is 2. The standard InChI is InChI=1S/C26H25N3O3/c1-4-16-32-24-13-12-20-9-5-6-10-21(20)22(24)17-27-29-26(31)15-14-25(30)28-23-11-7-8-18(2)19(23)3/h1,5-13,17H,14-16H2,2-3H3,(H,28,30)(H,29,31). The lowest BCUT2D eigenvalue weighted by Gasteiger charge is -2.10. The second-order valence-corrected chi connectivity index (χ2v) is 7.28. The van der Waals surface area contributed by atoms with Crippen molar-refractivity contribution in [2.75, 3.05) is 11.9 Å². The van der Waals surface area contributed by atoms with Crippen LogP contribution < -0.4 is 15.5 Å². The van der Waals surface area contributed by atoms with E-state index in [1.165, 1.54) is 6.21 Å². The Morgan fingerprint density at radius 3 is 2.62 bits per heavy atom. The van der Waals surface area contributed by atoms with Gasteiger partial charge in [-0.1, -0.05) is 48.4 Å². The number of rotatable bonds is 8. The Hall–Kier alpha value is -4.11. The van der Waals surface area contributed by atoms with Crippen LogP contribution in [-0.4, -0.2) is 24.6 Å². The van der Waals surface area contributed by atoms with Gasteiger partial charge in [-0.2, -0.15) is 5.10 Å². The maximum atomic E-state index is 12.2. The van der Waals surface area contributed by atoms with Crippen LogP contribution in [-0.2, 0) is 9.59 Å². The molecular weight excluding hydrogens is 402 g/mol. The number of amides is 2. The van der Waals surface area contributed by atoms with E-state index in [2.05, 4.69) is 21.8 Å². The van der Waals surface area contributed by atoms with Crippen molar-refractivity contribution >= 4 is 34.5 Å². The number of fused-ring (bicyclic) bond motifs is 1. The Balaban J connectivity index is 1.60. The van der Waals surface area contributed by atoms with Crippen molar-refractivity contribution in [3.8, 4) is 18.1 Å². The molecule has 0 aliphatic heterocycles. The minimum absolute atomic E-state index is 0.0179. The number of hydrazone groups is 1. The summed E-state index contributed by atoms with van der Waals surface area (Å²) in [5.41, 5.74) is 6.04. The number of carbonyl (C=O) groups excluding carboxylic acids is 2. The van der Waals surface area contributed by atoms with E-state index in [4.69, 9.17) is 11.2 Å². The first-order valence-corrected chi connectivity index (χ1v) is 10.3. The lowest BCUT2D eigenvalue weighted by atomic mass is 10.0. The minimum Gasteiger partial charge on any atom is -0.480 e. The van der Waals surface area contributed by atoms with Crippen molar-refractivity contribution in [2.24, 2.45) is 5.10 Å². The van der Waals surface area contributed by atoms with E-state index in [0.717, 1.165) is 27.6 Å². The highest BCUT2D eigenvalue weighted by Crippen LogP contribution is 2.26. The molecule has 0 fully saturated rings. The summed E-state index contributed by atoms with van der Waals surface area (Å²) >= 11 is 0. The van der Waals surface area contributed by atoms with Crippen LogP contribution in [0.1, 0.15) is 29.5 Å². The van der Waals surface area contributed by atoms with Crippen LogP contribution >= 0.6 is 0 Å². The Bertz CT molecular complexity index is 1210. The predicted octanol–water partition coefficient (Wildman–Crippen LogP) is 4.34. The highest BCUT2D eigenvalue weighted by Gasteiger charge is 2.10. The smallest absolute Gasteiger partial charge is 0.240 e. The zero-order valence-corrected chi connectivity index (χ0v) is 18.1. The SMILES string of the molecule is C#CCOc1ccc2ccccc2c1C=NNC(=O)CCC(=O)Nc1cccc(C)c1C. The molecule has 3 aromatic carbocycles. The van der Waals surface area contributed by atoms with Gasteiger partial charge in [-0.05, 0) is 47.9 Å². The number of ether oxygens (including phenoxy) is 1. The summed E-state index contributed by atoms with van der Waals surface area (Å²) in [4.78, 5) is 24.4. The molecule has 2 N–H and O–H groups in total. The van der Waals surface area contributed by atoms with Crippen molar-refractivity contribution in [3.63, 3.8) is 0 Å². The van der Waals surface area contributed by atoms with Gasteiger partial charge in [-0.3, -0.25) is 9.59 Å². The molecule has 0 atom stereocenters. The molecule has 0 aliphatic rings. The molecule has 6 heteroatoms. The molecule has 32 heavy (non-hydrogen) atoms. The summed E-state index contributed by atoms with van der Waals surface area (Å²) in [7, 11) is 0. The molecule has 0 bridgehead atoms. The Kier molecular flexibility index (Phi) is 7.60. The summed E-state index contributed by atoms with van der Waals surface area (Å²) < 4.78 is 5.61. The first-order chi connectivity index (χ1) is 15.5. The third-order valence-corrected chi connectivity index (χ3v) is 5.08. The van der Waals surface area contributed by atoms with Gasteiger partial charge in [-0.25, -0.2) is 5.43 Å². The van der Waals surface area contributed by atoms with Crippen molar-refractivity contribution in [1.82, 2.24) is 5.43 Å². The molecule has 0 radical (unpaired) electrons. The Labute approximate surface area is 187 Å². The number of hydrogen-bond acceptors (Lipinski definition) is 4. The van der Waals surface area contributed by atoms with Crippen LogP contribution in [0.25, 0.3) is 10.8 Å². The molecule has 0 saturated carbocycles. The summed E-state index contributed by atoms with van der Waals surface area (Å²) in [5.74, 6) is 2.44. The van der Waals surface area contributed by atoms with Crippen LogP contribution in [0.3, 0.4) is 0 Å². The number of carbonyl (C=O) groups is 2. The maximum Gasteiger partial charge on any atom is 0.240 e. The zero-order chi connectivity index (χ0) is 22.9. The number of terminal acetylenes is 1. The quantitative estimate of drug-likeness (QED) is 0.319. The van der Waals surface area contributed by atoms with Crippen LogP contribution in [0.2, 0.25) is 0 Å². The van der Waals surface area contributed by atoms with Crippen molar-refractivity contribution in [2.45, 2.75) is 26.7 Å². The van der Waals surface area contributed by atoms with Gasteiger partial charge in [0.25, 0.3) is 0 Å². The molecule has 6 nitrogen and oxygen atoms in total. The minimum atomic E-state index is -0.358. The number of anilines is 1. The molecule has 0 unspecified atom stereocenters. The third kappa shape index (κ3) is 5.73. The van der Waals surface area contributed by atoms with Gasteiger partial charge in [0.1, 0.15) is 12.4 Å². The van der Waals surface area contributed by atoms with Crippen LogP contribution in [0, 0.1) is 26.2 Å². The average molecular weight is 428 g/mol. The normalized spacial score (nSPS) is 10.7. The lowest BCUT2D eigenvalue weighted by Crippen LogP contribution is -2.21. The molecule has 0 aliphatic carbocycles. The zero-order valence-electron chi connectivity index (χ0n) is 18.1. The van der Waals surface area contributed by atoms with E-state index in [9.17, 15) is 9.59 Å². The van der Waals surface area contributed by atoms with Crippen molar-refractivity contribution in [1.29, 1.82) is 0 Å². The second-order valence-electron chi connectivity index (χ2n) is 7.28. The van der Waals surface area contributed by atoms with Crippen LogP contribution in [0.15, 0.2) is 59.7 Å². The molecule has 3 rings (SSSR count). The van der Waals surface area contributed by atoms with E-state index >= 15 is 0 Å². The van der Waals surface area contributed by atoms with Crippen LogP contribution in [0.5, 0.6) is 5.75 Å². The highest BCUT2D eigenvalue weighted by molar-refractivity contribution is 6.02. The molecule has 0 heterocycles. The number of nitrogens with zero attached hydrogens (tertiary/aromatic N) is 1. The summed E-state index contributed by atoms with van der Waals surface area (Å²) in [6.07, 6.45) is 6.91. The molecule has 2 amide bonds.